The summed E-state index contributed by atoms with van der Waals surface area (Å²) in [5, 5.41) is 12.1. The fourth-order valence-electron chi connectivity index (χ4n) is 3.13. The summed E-state index contributed by atoms with van der Waals surface area (Å²) in [7, 11) is 0. The van der Waals surface area contributed by atoms with E-state index in [1.54, 1.807) is 0 Å². The predicted molar refractivity (Wildman–Crippen MR) is 102 cm³/mol. The number of ether oxygens (including phenoxy) is 1. The van der Waals surface area contributed by atoms with Crippen LogP contribution < -0.4 is 4.90 Å². The average molecular weight is 363 g/mol. The molecule has 5 nitrogen and oxygen atoms in total. The van der Waals surface area contributed by atoms with Crippen LogP contribution in [0.15, 0.2) is 36.4 Å². The molecule has 0 radical (unpaired) electrons. The normalized spacial score (nSPS) is 14.3. The first-order valence-electron chi connectivity index (χ1n) is 8.47. The Labute approximate surface area is 155 Å². The Morgan fingerprint density at radius 1 is 1.19 bits per heavy atom. The van der Waals surface area contributed by atoms with Crippen LogP contribution in [0, 0.1) is 11.3 Å². The summed E-state index contributed by atoms with van der Waals surface area (Å²) >= 11 is 1.44. The highest BCUT2D eigenvalue weighted by Gasteiger charge is 2.18. The number of hydrogen-bond donors (Lipinski definition) is 0. The smallest absolute Gasteiger partial charge is 0.186 e. The van der Waals surface area contributed by atoms with Gasteiger partial charge in [0.15, 0.2) is 11.4 Å². The lowest BCUT2D eigenvalue weighted by molar-refractivity contribution is 0.112. The molecule has 1 aliphatic rings. The highest BCUT2D eigenvalue weighted by molar-refractivity contribution is 7.17. The molecular formula is C20H17N3O2S. The average Bonchev–Trinajstić information content (AvgIpc) is 3.11. The van der Waals surface area contributed by atoms with E-state index < -0.39 is 0 Å². The molecule has 1 saturated heterocycles. The largest absolute Gasteiger partial charge is 0.378 e. The monoisotopic (exact) mass is 363 g/mol. The Morgan fingerprint density at radius 2 is 2.00 bits per heavy atom. The number of nitriles is 1. The molecular weight excluding hydrogens is 346 g/mol. The van der Waals surface area contributed by atoms with E-state index in [-0.39, 0.29) is 0 Å². The molecule has 6 heteroatoms. The number of rotatable bonds is 4. The molecule has 0 amide bonds. The lowest BCUT2D eigenvalue weighted by atomic mass is 10.0. The van der Waals surface area contributed by atoms with Gasteiger partial charge in [0.25, 0.3) is 0 Å². The van der Waals surface area contributed by atoms with Crippen LogP contribution in [0.5, 0.6) is 0 Å². The molecule has 3 aromatic rings. The summed E-state index contributed by atoms with van der Waals surface area (Å²) in [5.41, 5.74) is 2.53. The summed E-state index contributed by atoms with van der Waals surface area (Å²) in [6.07, 6.45) is 1.49. The van der Waals surface area contributed by atoms with E-state index >= 15 is 0 Å². The Hall–Kier alpha value is -2.75. The van der Waals surface area contributed by atoms with Crippen molar-refractivity contribution < 1.29 is 9.53 Å². The molecule has 0 atom stereocenters. The molecule has 0 spiro atoms. The first-order valence-corrected chi connectivity index (χ1v) is 9.29. The molecule has 0 N–H and O–H groups in total. The molecule has 0 saturated carbocycles. The first-order chi connectivity index (χ1) is 12.8. The van der Waals surface area contributed by atoms with Crippen molar-refractivity contribution in [2.24, 2.45) is 0 Å². The number of carbonyl (C=O) groups is 1. The van der Waals surface area contributed by atoms with Gasteiger partial charge in [0.2, 0.25) is 0 Å². The second-order valence-electron chi connectivity index (χ2n) is 6.21. The quantitative estimate of drug-likeness (QED) is 0.665. The number of aromatic nitrogens is 1. The van der Waals surface area contributed by atoms with E-state index in [4.69, 9.17) is 15.0 Å². The molecule has 4 rings (SSSR count). The van der Waals surface area contributed by atoms with Crippen LogP contribution in [-0.2, 0) is 11.2 Å². The maximum Gasteiger partial charge on any atom is 0.186 e. The van der Waals surface area contributed by atoms with Crippen LogP contribution in [-0.4, -0.2) is 37.6 Å². The molecule has 0 unspecified atom stereocenters. The number of anilines is 1. The van der Waals surface area contributed by atoms with Gasteiger partial charge < -0.3 is 9.64 Å². The number of fused-ring (bicyclic) bond motifs is 1. The SMILES string of the molecule is N#Cc1ccc2ccc(Cc3nc(N4CCOCC4)sc3C=O)cc2c1. The van der Waals surface area contributed by atoms with E-state index in [9.17, 15) is 4.79 Å². The van der Waals surface area contributed by atoms with Crippen LogP contribution in [0.25, 0.3) is 10.8 Å². The van der Waals surface area contributed by atoms with Crippen LogP contribution in [0.3, 0.4) is 0 Å². The minimum Gasteiger partial charge on any atom is -0.378 e. The Balaban J connectivity index is 1.63. The number of benzene rings is 2. The molecule has 1 aliphatic heterocycles. The van der Waals surface area contributed by atoms with Gasteiger partial charge >= 0.3 is 0 Å². The van der Waals surface area contributed by atoms with Gasteiger partial charge in [0.1, 0.15) is 0 Å². The van der Waals surface area contributed by atoms with E-state index in [2.05, 4.69) is 23.1 Å². The predicted octanol–water partition coefficient (Wildman–Crippen LogP) is 3.41. The maximum absolute atomic E-state index is 11.5. The Bertz CT molecular complexity index is 1000. The molecule has 2 aromatic carbocycles. The molecule has 2 heterocycles. The molecule has 0 bridgehead atoms. The van der Waals surface area contributed by atoms with E-state index in [1.807, 2.05) is 24.3 Å². The number of carbonyl (C=O) groups excluding carboxylic acids is 1. The second kappa shape index (κ2) is 7.24. The summed E-state index contributed by atoms with van der Waals surface area (Å²) < 4.78 is 5.38. The lowest BCUT2D eigenvalue weighted by Crippen LogP contribution is -2.36. The fourth-order valence-corrected chi connectivity index (χ4v) is 4.08. The van der Waals surface area contributed by atoms with Gasteiger partial charge in [-0.25, -0.2) is 4.98 Å². The van der Waals surface area contributed by atoms with Gasteiger partial charge in [-0.2, -0.15) is 5.26 Å². The summed E-state index contributed by atoms with van der Waals surface area (Å²) in [6, 6.07) is 14.0. The number of aldehydes is 1. The van der Waals surface area contributed by atoms with E-state index in [0.29, 0.717) is 30.1 Å². The molecule has 26 heavy (non-hydrogen) atoms. The fraction of sp³-hybridized carbons (Fsp3) is 0.250. The van der Waals surface area contributed by atoms with Gasteiger partial charge in [-0.1, -0.05) is 35.6 Å². The number of nitrogens with zero attached hydrogens (tertiary/aromatic N) is 3. The van der Waals surface area contributed by atoms with Gasteiger partial charge in [-0.3, -0.25) is 4.79 Å². The third-order valence-electron chi connectivity index (χ3n) is 4.51. The van der Waals surface area contributed by atoms with Crippen molar-refractivity contribution in [2.75, 3.05) is 31.2 Å². The van der Waals surface area contributed by atoms with Gasteiger partial charge in [-0.05, 0) is 28.5 Å². The van der Waals surface area contributed by atoms with Gasteiger partial charge in [0, 0.05) is 19.5 Å². The summed E-state index contributed by atoms with van der Waals surface area (Å²) in [4.78, 5) is 19.1. The van der Waals surface area contributed by atoms with Crippen molar-refractivity contribution in [3.05, 3.63) is 58.1 Å². The zero-order chi connectivity index (χ0) is 17.9. The van der Waals surface area contributed by atoms with Crippen molar-refractivity contribution in [1.82, 2.24) is 4.98 Å². The first kappa shape index (κ1) is 16.7. The number of morpholine rings is 1. The van der Waals surface area contributed by atoms with Crippen molar-refractivity contribution in [2.45, 2.75) is 6.42 Å². The van der Waals surface area contributed by atoms with E-state index in [1.165, 1.54) is 11.3 Å². The Morgan fingerprint density at radius 3 is 2.77 bits per heavy atom. The zero-order valence-electron chi connectivity index (χ0n) is 14.1. The Kier molecular flexibility index (Phi) is 4.65. The molecule has 1 aromatic heterocycles. The lowest BCUT2D eigenvalue weighted by Gasteiger charge is -2.26. The summed E-state index contributed by atoms with van der Waals surface area (Å²) in [5.74, 6) is 0. The maximum atomic E-state index is 11.5. The van der Waals surface area contributed by atoms with E-state index in [0.717, 1.165) is 46.5 Å². The van der Waals surface area contributed by atoms with Crippen molar-refractivity contribution >= 4 is 33.5 Å². The van der Waals surface area contributed by atoms with Crippen LogP contribution in [0.1, 0.15) is 26.5 Å². The van der Waals surface area contributed by atoms with Gasteiger partial charge in [-0.15, -0.1) is 0 Å². The third-order valence-corrected chi connectivity index (χ3v) is 5.59. The van der Waals surface area contributed by atoms with Gasteiger partial charge in [0.05, 0.1) is 35.4 Å². The minimum atomic E-state index is 0.599. The molecule has 1 fully saturated rings. The second-order valence-corrected chi connectivity index (χ2v) is 7.22. The van der Waals surface area contributed by atoms with Crippen molar-refractivity contribution in [3.8, 4) is 6.07 Å². The molecule has 0 aliphatic carbocycles. The minimum absolute atomic E-state index is 0.599. The standard InChI is InChI=1S/C20H17N3O2S/c21-12-15-2-4-16-3-1-14(9-17(16)10-15)11-18-19(13-24)26-20(22-18)23-5-7-25-8-6-23/h1-4,9-10,13H,5-8,11H2. The van der Waals surface area contributed by atoms with Crippen LogP contribution in [0.2, 0.25) is 0 Å². The highest BCUT2D eigenvalue weighted by Crippen LogP contribution is 2.28. The highest BCUT2D eigenvalue weighted by atomic mass is 32.1. The van der Waals surface area contributed by atoms with Crippen molar-refractivity contribution in [3.63, 3.8) is 0 Å². The number of hydrogen-bond acceptors (Lipinski definition) is 6. The molecule has 130 valence electrons. The number of thiazole rings is 1. The zero-order valence-corrected chi connectivity index (χ0v) is 15.0. The van der Waals surface area contributed by atoms with Crippen molar-refractivity contribution in [1.29, 1.82) is 5.26 Å². The topological polar surface area (TPSA) is 66.2 Å². The van der Waals surface area contributed by atoms with Crippen LogP contribution in [0.4, 0.5) is 5.13 Å². The van der Waals surface area contributed by atoms with Crippen LogP contribution >= 0.6 is 11.3 Å². The summed E-state index contributed by atoms with van der Waals surface area (Å²) in [6.45, 7) is 2.99. The third kappa shape index (κ3) is 3.32.